The van der Waals surface area contributed by atoms with Gasteiger partial charge in [0.15, 0.2) is 5.60 Å². The minimum absolute atomic E-state index is 0.0753. The molecule has 1 aliphatic rings. The van der Waals surface area contributed by atoms with E-state index in [4.69, 9.17) is 0 Å². The van der Waals surface area contributed by atoms with Crippen LogP contribution in [-0.4, -0.2) is 16.1 Å². The van der Waals surface area contributed by atoms with Gasteiger partial charge in [-0.15, -0.1) is 0 Å². The molecule has 2 rings (SSSR count). The quantitative estimate of drug-likeness (QED) is 0.836. The molecule has 0 unspecified atom stereocenters. The van der Waals surface area contributed by atoms with Crippen molar-refractivity contribution in [2.45, 2.75) is 37.9 Å². The molecule has 0 spiro atoms. The maximum Gasteiger partial charge on any atom is 0.309 e. The monoisotopic (exact) mass is 242 g/mol. The molecule has 4 heteroatoms. The fraction of sp³-hybridized carbons (Fsp3) is 0.538. The number of halogens is 2. The first-order valence-corrected chi connectivity index (χ1v) is 5.68. The fourth-order valence-electron chi connectivity index (χ4n) is 2.55. The summed E-state index contributed by atoms with van der Waals surface area (Å²) in [6.45, 7) is 3.53. The summed E-state index contributed by atoms with van der Waals surface area (Å²) in [6.07, 6.45) is -2.00. The minimum atomic E-state index is -3.54. The number of hydrogen-bond donors (Lipinski definition) is 2. The molecule has 0 saturated heterocycles. The molecule has 1 aromatic rings. The van der Waals surface area contributed by atoms with Crippen LogP contribution >= 0.6 is 0 Å². The molecule has 2 atom stereocenters. The molecule has 0 saturated carbocycles. The Morgan fingerprint density at radius 2 is 1.88 bits per heavy atom. The Hall–Kier alpha value is -1.00. The van der Waals surface area contributed by atoms with Gasteiger partial charge in [0.25, 0.3) is 0 Å². The molecule has 17 heavy (non-hydrogen) atoms. The number of aliphatic hydroxyl groups excluding tert-OH is 1. The Kier molecular flexibility index (Phi) is 2.75. The Morgan fingerprint density at radius 1 is 1.29 bits per heavy atom. The number of rotatable bonds is 2. The predicted molar refractivity (Wildman–Crippen MR) is 59.7 cm³/mol. The van der Waals surface area contributed by atoms with Crippen molar-refractivity contribution in [3.63, 3.8) is 0 Å². The Labute approximate surface area is 98.9 Å². The summed E-state index contributed by atoms with van der Waals surface area (Å²) in [5, 5.41) is 19.9. The second-order valence-electron chi connectivity index (χ2n) is 5.07. The van der Waals surface area contributed by atoms with Gasteiger partial charge in [-0.2, -0.15) is 8.78 Å². The van der Waals surface area contributed by atoms with Crippen LogP contribution in [0.5, 0.6) is 0 Å². The summed E-state index contributed by atoms with van der Waals surface area (Å²) in [6, 6.07) is 6.07. The van der Waals surface area contributed by atoms with Crippen LogP contribution in [-0.2, 0) is 5.60 Å². The average Bonchev–Trinajstić information content (AvgIpc) is 2.39. The molecule has 2 N–H and O–H groups in total. The predicted octanol–water partition coefficient (Wildman–Crippen LogP) is 2.60. The molecule has 0 radical (unpaired) electrons. The van der Waals surface area contributed by atoms with Crippen LogP contribution in [0, 0.1) is 5.92 Å². The van der Waals surface area contributed by atoms with Crippen LogP contribution in [0.4, 0.5) is 8.78 Å². The van der Waals surface area contributed by atoms with Crippen molar-refractivity contribution >= 4 is 0 Å². The highest BCUT2D eigenvalue weighted by molar-refractivity contribution is 5.43. The Bertz CT molecular complexity index is 431. The first kappa shape index (κ1) is 12.5. The fourth-order valence-corrected chi connectivity index (χ4v) is 2.55. The van der Waals surface area contributed by atoms with Crippen LogP contribution < -0.4 is 0 Å². The second-order valence-corrected chi connectivity index (χ2v) is 5.07. The topological polar surface area (TPSA) is 40.5 Å². The molecule has 0 bridgehead atoms. The minimum Gasteiger partial charge on any atom is -0.382 e. The van der Waals surface area contributed by atoms with E-state index in [1.165, 1.54) is 12.1 Å². The lowest BCUT2D eigenvalue weighted by molar-refractivity contribution is -0.229. The van der Waals surface area contributed by atoms with Gasteiger partial charge in [0.05, 0.1) is 0 Å². The van der Waals surface area contributed by atoms with Crippen LogP contribution in [0.25, 0.3) is 0 Å². The molecule has 1 aromatic carbocycles. The highest BCUT2D eigenvalue weighted by Crippen LogP contribution is 2.56. The lowest BCUT2D eigenvalue weighted by Crippen LogP contribution is -2.44. The van der Waals surface area contributed by atoms with E-state index >= 15 is 0 Å². The summed E-state index contributed by atoms with van der Waals surface area (Å²) in [7, 11) is 0. The van der Waals surface area contributed by atoms with Gasteiger partial charge < -0.3 is 10.2 Å². The van der Waals surface area contributed by atoms with E-state index in [1.807, 2.05) is 0 Å². The van der Waals surface area contributed by atoms with E-state index in [-0.39, 0.29) is 23.5 Å². The highest BCUT2D eigenvalue weighted by atomic mass is 19.3. The third-order valence-corrected chi connectivity index (χ3v) is 3.30. The SMILES string of the molecule is CC(C)C[C@]1(O)c2ccccc2[C@H](O)C1(F)F. The van der Waals surface area contributed by atoms with Gasteiger partial charge in [0.1, 0.15) is 6.10 Å². The first-order chi connectivity index (χ1) is 7.80. The molecule has 0 amide bonds. The molecule has 0 fully saturated rings. The number of aliphatic hydroxyl groups is 2. The van der Waals surface area contributed by atoms with Crippen molar-refractivity contribution < 1.29 is 19.0 Å². The molecule has 94 valence electrons. The standard InChI is InChI=1S/C13H16F2O2/c1-8(2)7-12(17)10-6-4-3-5-9(10)11(16)13(12,14)15/h3-6,8,11,16-17H,7H2,1-2H3/t11-,12-/m0/s1. The van der Waals surface area contributed by atoms with Crippen LogP contribution in [0.15, 0.2) is 24.3 Å². The van der Waals surface area contributed by atoms with Gasteiger partial charge in [0.2, 0.25) is 0 Å². The average molecular weight is 242 g/mol. The van der Waals surface area contributed by atoms with Crippen molar-refractivity contribution in [1.29, 1.82) is 0 Å². The lowest BCUT2D eigenvalue weighted by atomic mass is 9.85. The molecular weight excluding hydrogens is 226 g/mol. The van der Waals surface area contributed by atoms with Gasteiger partial charge in [-0.25, -0.2) is 0 Å². The third-order valence-electron chi connectivity index (χ3n) is 3.30. The van der Waals surface area contributed by atoms with Crippen molar-refractivity contribution in [3.05, 3.63) is 35.4 Å². The number of benzene rings is 1. The van der Waals surface area contributed by atoms with E-state index in [0.29, 0.717) is 0 Å². The molecular formula is C13H16F2O2. The largest absolute Gasteiger partial charge is 0.382 e. The number of fused-ring (bicyclic) bond motifs is 1. The Balaban J connectivity index is 2.57. The molecule has 2 nitrogen and oxygen atoms in total. The maximum atomic E-state index is 14.0. The third kappa shape index (κ3) is 1.58. The molecule has 0 heterocycles. The van der Waals surface area contributed by atoms with E-state index < -0.39 is 17.6 Å². The molecule has 0 aromatic heterocycles. The first-order valence-electron chi connectivity index (χ1n) is 5.68. The molecule has 1 aliphatic carbocycles. The zero-order valence-corrected chi connectivity index (χ0v) is 9.82. The van der Waals surface area contributed by atoms with Crippen LogP contribution in [0.3, 0.4) is 0 Å². The van der Waals surface area contributed by atoms with Crippen LogP contribution in [0.2, 0.25) is 0 Å². The summed E-state index contributed by atoms with van der Waals surface area (Å²) >= 11 is 0. The highest BCUT2D eigenvalue weighted by Gasteiger charge is 2.64. The summed E-state index contributed by atoms with van der Waals surface area (Å²) in [5.74, 6) is -3.63. The molecule has 0 aliphatic heterocycles. The van der Waals surface area contributed by atoms with Crippen molar-refractivity contribution in [3.8, 4) is 0 Å². The van der Waals surface area contributed by atoms with E-state index in [0.717, 1.165) is 0 Å². The van der Waals surface area contributed by atoms with Crippen molar-refractivity contribution in [2.24, 2.45) is 5.92 Å². The van der Waals surface area contributed by atoms with Crippen molar-refractivity contribution in [2.75, 3.05) is 0 Å². The smallest absolute Gasteiger partial charge is 0.309 e. The second kappa shape index (κ2) is 3.75. The lowest BCUT2D eigenvalue weighted by Gasteiger charge is -2.33. The van der Waals surface area contributed by atoms with Gasteiger partial charge in [0, 0.05) is 0 Å². The number of hydrogen-bond acceptors (Lipinski definition) is 2. The Morgan fingerprint density at radius 3 is 2.47 bits per heavy atom. The zero-order chi connectivity index (χ0) is 12.8. The van der Waals surface area contributed by atoms with Crippen molar-refractivity contribution in [1.82, 2.24) is 0 Å². The van der Waals surface area contributed by atoms with Gasteiger partial charge in [-0.1, -0.05) is 38.1 Å². The van der Waals surface area contributed by atoms with E-state index in [9.17, 15) is 19.0 Å². The van der Waals surface area contributed by atoms with Gasteiger partial charge in [-0.05, 0) is 23.5 Å². The maximum absolute atomic E-state index is 14.0. The summed E-state index contributed by atoms with van der Waals surface area (Å²) in [5.41, 5.74) is -2.00. The summed E-state index contributed by atoms with van der Waals surface area (Å²) in [4.78, 5) is 0. The summed E-state index contributed by atoms with van der Waals surface area (Å²) < 4.78 is 28.1. The number of alkyl halides is 2. The van der Waals surface area contributed by atoms with Gasteiger partial charge in [-0.3, -0.25) is 0 Å². The van der Waals surface area contributed by atoms with E-state index in [2.05, 4.69) is 0 Å². The van der Waals surface area contributed by atoms with Crippen LogP contribution in [0.1, 0.15) is 37.5 Å². The van der Waals surface area contributed by atoms with E-state index in [1.54, 1.807) is 26.0 Å². The normalized spacial score (nSPS) is 30.6. The van der Waals surface area contributed by atoms with Gasteiger partial charge >= 0.3 is 5.92 Å². The zero-order valence-electron chi connectivity index (χ0n) is 9.82.